The number of hydrogen-bond acceptors (Lipinski definition) is 2. The lowest BCUT2D eigenvalue weighted by Gasteiger charge is -2.00. The van der Waals surface area contributed by atoms with Crippen molar-refractivity contribution in [2.75, 3.05) is 7.11 Å². The molecule has 0 unspecified atom stereocenters. The molecule has 1 heterocycles. The van der Waals surface area contributed by atoms with Crippen LogP contribution in [0, 0.1) is 17.5 Å². The highest BCUT2D eigenvalue weighted by atomic mass is 79.9. The normalized spacial score (nSPS) is 10.9. The lowest BCUT2D eigenvalue weighted by atomic mass is 10.2. The maximum absolute atomic E-state index is 13.6. The van der Waals surface area contributed by atoms with Gasteiger partial charge < -0.3 is 9.72 Å². The first-order chi connectivity index (χ1) is 7.97. The minimum atomic E-state index is -1.35. The summed E-state index contributed by atoms with van der Waals surface area (Å²) in [5, 5.41) is -0.226. The van der Waals surface area contributed by atoms with Crippen LogP contribution in [0.15, 0.2) is 10.5 Å². The second kappa shape index (κ2) is 4.06. The maximum atomic E-state index is 13.6. The van der Waals surface area contributed by atoms with Gasteiger partial charge in [-0.1, -0.05) is 0 Å². The largest absolute Gasteiger partial charge is 0.464 e. The minimum absolute atomic E-state index is 0.155. The summed E-state index contributed by atoms with van der Waals surface area (Å²) in [5.74, 6) is -4.39. The van der Waals surface area contributed by atoms with Crippen molar-refractivity contribution in [3.63, 3.8) is 0 Å². The Kier molecular flexibility index (Phi) is 2.86. The van der Waals surface area contributed by atoms with Gasteiger partial charge in [-0.15, -0.1) is 0 Å². The smallest absolute Gasteiger partial charge is 0.354 e. The first-order valence-electron chi connectivity index (χ1n) is 4.40. The number of rotatable bonds is 1. The summed E-state index contributed by atoms with van der Waals surface area (Å²) in [6.45, 7) is 0. The van der Waals surface area contributed by atoms with Crippen LogP contribution < -0.4 is 0 Å². The van der Waals surface area contributed by atoms with Crippen LogP contribution in [0.2, 0.25) is 0 Å². The standard InChI is InChI=1S/C10H5BrF3NO2/c1-17-10(16)4-2-3-6(12)5(11)7(13)8(14)9(3)15-4/h2,15H,1H3. The summed E-state index contributed by atoms with van der Waals surface area (Å²) >= 11 is 2.59. The number of carbonyl (C=O) groups excluding carboxylic acids is 1. The van der Waals surface area contributed by atoms with Gasteiger partial charge in [-0.25, -0.2) is 18.0 Å². The second-order valence-corrected chi connectivity index (χ2v) is 4.01. The first kappa shape index (κ1) is 12.0. The van der Waals surface area contributed by atoms with Crippen molar-refractivity contribution in [3.05, 3.63) is 33.7 Å². The number of fused-ring (bicyclic) bond motifs is 1. The van der Waals surface area contributed by atoms with E-state index in [1.165, 1.54) is 0 Å². The highest BCUT2D eigenvalue weighted by Gasteiger charge is 2.22. The maximum Gasteiger partial charge on any atom is 0.354 e. The molecule has 0 saturated heterocycles. The molecule has 17 heavy (non-hydrogen) atoms. The van der Waals surface area contributed by atoms with Crippen molar-refractivity contribution < 1.29 is 22.7 Å². The van der Waals surface area contributed by atoms with Crippen molar-refractivity contribution in [3.8, 4) is 0 Å². The van der Waals surface area contributed by atoms with Crippen molar-refractivity contribution in [2.45, 2.75) is 0 Å². The second-order valence-electron chi connectivity index (χ2n) is 3.22. The summed E-state index contributed by atoms with van der Waals surface area (Å²) in [6.07, 6.45) is 0. The van der Waals surface area contributed by atoms with E-state index in [4.69, 9.17) is 0 Å². The lowest BCUT2D eigenvalue weighted by Crippen LogP contribution is -2.00. The predicted octanol–water partition coefficient (Wildman–Crippen LogP) is 3.13. The van der Waals surface area contributed by atoms with E-state index in [1.54, 1.807) is 0 Å². The fourth-order valence-electron chi connectivity index (χ4n) is 1.44. The molecule has 3 nitrogen and oxygen atoms in total. The number of H-pyrrole nitrogens is 1. The molecule has 2 aromatic rings. The van der Waals surface area contributed by atoms with Gasteiger partial charge in [0.15, 0.2) is 11.6 Å². The third-order valence-corrected chi connectivity index (χ3v) is 2.95. The Bertz CT molecular complexity index is 579. The monoisotopic (exact) mass is 307 g/mol. The zero-order valence-electron chi connectivity index (χ0n) is 8.41. The molecule has 0 amide bonds. The Morgan fingerprint density at radius 3 is 2.53 bits per heavy atom. The molecule has 0 fully saturated rings. The molecule has 0 aliphatic heterocycles. The van der Waals surface area contributed by atoms with E-state index in [0.717, 1.165) is 13.2 Å². The van der Waals surface area contributed by atoms with E-state index in [9.17, 15) is 18.0 Å². The number of halogens is 4. The van der Waals surface area contributed by atoms with Gasteiger partial charge in [-0.05, 0) is 22.0 Å². The Morgan fingerprint density at radius 1 is 1.29 bits per heavy atom. The molecule has 1 aromatic carbocycles. The van der Waals surface area contributed by atoms with Gasteiger partial charge in [0.25, 0.3) is 0 Å². The summed E-state index contributed by atoms with van der Waals surface area (Å²) < 4.78 is 44.0. The number of methoxy groups -OCH3 is 1. The molecule has 0 spiro atoms. The first-order valence-corrected chi connectivity index (χ1v) is 5.19. The van der Waals surface area contributed by atoms with Gasteiger partial charge in [0, 0.05) is 5.39 Å². The molecule has 7 heteroatoms. The number of ether oxygens (including phenoxy) is 1. The average Bonchev–Trinajstić information content (AvgIpc) is 2.77. The number of aromatic amines is 1. The Balaban J connectivity index is 2.81. The summed E-state index contributed by atoms with van der Waals surface area (Å²) in [6, 6.07) is 1.06. The molecular weight excluding hydrogens is 303 g/mol. The molecule has 1 N–H and O–H groups in total. The molecule has 2 rings (SSSR count). The van der Waals surface area contributed by atoms with Crippen LogP contribution in [-0.2, 0) is 4.74 Å². The number of benzene rings is 1. The van der Waals surface area contributed by atoms with Crippen LogP contribution >= 0.6 is 15.9 Å². The SMILES string of the molecule is COC(=O)c1cc2c(F)c(Br)c(F)c(F)c2[nH]1. The van der Waals surface area contributed by atoms with E-state index in [0.29, 0.717) is 0 Å². The van der Waals surface area contributed by atoms with Gasteiger partial charge in [-0.2, -0.15) is 0 Å². The highest BCUT2D eigenvalue weighted by Crippen LogP contribution is 2.31. The summed E-state index contributed by atoms with van der Waals surface area (Å²) in [7, 11) is 1.12. The van der Waals surface area contributed by atoms with Gasteiger partial charge in [0.05, 0.1) is 17.1 Å². The molecule has 0 bridgehead atoms. The molecule has 1 aromatic heterocycles. The van der Waals surface area contributed by atoms with Crippen LogP contribution in [-0.4, -0.2) is 18.1 Å². The van der Waals surface area contributed by atoms with Crippen molar-refractivity contribution >= 4 is 32.8 Å². The van der Waals surface area contributed by atoms with E-state index in [2.05, 4.69) is 25.7 Å². The Labute approximate surface area is 102 Å². The van der Waals surface area contributed by atoms with Crippen LogP contribution in [0.1, 0.15) is 10.5 Å². The Morgan fingerprint density at radius 2 is 1.94 bits per heavy atom. The predicted molar refractivity (Wildman–Crippen MR) is 57.2 cm³/mol. The molecular formula is C10H5BrF3NO2. The number of hydrogen-bond donors (Lipinski definition) is 1. The van der Waals surface area contributed by atoms with E-state index < -0.39 is 33.4 Å². The number of carbonyl (C=O) groups is 1. The third kappa shape index (κ3) is 1.70. The van der Waals surface area contributed by atoms with Crippen molar-refractivity contribution in [1.29, 1.82) is 0 Å². The molecule has 0 atom stereocenters. The molecule has 0 radical (unpaired) electrons. The van der Waals surface area contributed by atoms with Gasteiger partial charge in [0.1, 0.15) is 11.5 Å². The summed E-state index contributed by atoms with van der Waals surface area (Å²) in [5.41, 5.74) is -0.568. The van der Waals surface area contributed by atoms with Gasteiger partial charge in [0.2, 0.25) is 0 Å². The van der Waals surface area contributed by atoms with E-state index in [1.807, 2.05) is 0 Å². The van der Waals surface area contributed by atoms with Crippen LogP contribution in [0.4, 0.5) is 13.2 Å². The number of esters is 1. The fraction of sp³-hybridized carbons (Fsp3) is 0.100. The van der Waals surface area contributed by atoms with Gasteiger partial charge >= 0.3 is 5.97 Å². The molecule has 0 aliphatic rings. The third-order valence-electron chi connectivity index (χ3n) is 2.26. The fourth-order valence-corrected chi connectivity index (χ4v) is 1.83. The molecule has 90 valence electrons. The Hall–Kier alpha value is -1.50. The van der Waals surface area contributed by atoms with Gasteiger partial charge in [-0.3, -0.25) is 0 Å². The quantitative estimate of drug-likeness (QED) is 0.499. The van der Waals surface area contributed by atoms with Crippen LogP contribution in [0.25, 0.3) is 10.9 Å². The van der Waals surface area contributed by atoms with E-state index in [-0.39, 0.29) is 11.1 Å². The van der Waals surface area contributed by atoms with E-state index >= 15 is 0 Å². The zero-order valence-corrected chi connectivity index (χ0v) is 9.99. The molecule has 0 aliphatic carbocycles. The van der Waals surface area contributed by atoms with Crippen LogP contribution in [0.5, 0.6) is 0 Å². The molecule has 0 saturated carbocycles. The van der Waals surface area contributed by atoms with Crippen molar-refractivity contribution in [1.82, 2.24) is 4.98 Å². The van der Waals surface area contributed by atoms with Crippen LogP contribution in [0.3, 0.4) is 0 Å². The zero-order chi connectivity index (χ0) is 12.7. The average molecular weight is 308 g/mol. The number of aromatic nitrogens is 1. The lowest BCUT2D eigenvalue weighted by molar-refractivity contribution is 0.0595. The number of nitrogens with one attached hydrogen (secondary N) is 1. The highest BCUT2D eigenvalue weighted by molar-refractivity contribution is 9.10. The minimum Gasteiger partial charge on any atom is -0.464 e. The topological polar surface area (TPSA) is 42.1 Å². The summed E-state index contributed by atoms with van der Waals surface area (Å²) in [4.78, 5) is 13.4. The van der Waals surface area contributed by atoms with Crippen molar-refractivity contribution in [2.24, 2.45) is 0 Å².